The van der Waals surface area contributed by atoms with Crippen LogP contribution in [-0.2, 0) is 15.9 Å². The van der Waals surface area contributed by atoms with Gasteiger partial charge in [0, 0.05) is 6.54 Å². The van der Waals surface area contributed by atoms with E-state index in [9.17, 15) is 28.7 Å². The summed E-state index contributed by atoms with van der Waals surface area (Å²) in [5.74, 6) is -1.45. The van der Waals surface area contributed by atoms with Crippen molar-refractivity contribution in [2.24, 2.45) is 5.92 Å². The van der Waals surface area contributed by atoms with E-state index < -0.39 is 24.9 Å². The summed E-state index contributed by atoms with van der Waals surface area (Å²) in [5.41, 5.74) is 1.43. The Balaban J connectivity index is 1.59. The van der Waals surface area contributed by atoms with Gasteiger partial charge < -0.3 is 19.8 Å². The van der Waals surface area contributed by atoms with E-state index in [4.69, 9.17) is 4.74 Å². The smallest absolute Gasteiger partial charge is 0.408 e. The molecular weight excluding hydrogens is 447 g/mol. The van der Waals surface area contributed by atoms with E-state index >= 15 is 0 Å². The second-order valence-corrected chi connectivity index (χ2v) is 10.2. The molecule has 2 aromatic carbocycles. The largest absolute Gasteiger partial charge is 0.445 e. The van der Waals surface area contributed by atoms with Crippen LogP contribution in [0, 0.1) is 5.92 Å². The molecule has 0 saturated carbocycles. The summed E-state index contributed by atoms with van der Waals surface area (Å²) >= 11 is 0. The van der Waals surface area contributed by atoms with Gasteiger partial charge in [0.05, 0.1) is 11.1 Å². The second kappa shape index (κ2) is 9.87. The van der Waals surface area contributed by atoms with E-state index in [2.05, 4.69) is 5.32 Å². The Bertz CT molecular complexity index is 1050. The average molecular weight is 474 g/mol. The quantitative estimate of drug-likeness (QED) is 0.374. The highest BCUT2D eigenvalue weighted by Crippen LogP contribution is 2.53. The van der Waals surface area contributed by atoms with Crippen molar-refractivity contribution in [1.82, 2.24) is 10.2 Å². The van der Waals surface area contributed by atoms with Crippen LogP contribution in [0.15, 0.2) is 54.6 Å². The Hall–Kier alpha value is -3.00. The number of nitrogens with zero attached hydrogens (tertiary/aromatic N) is 1. The molecule has 176 valence electrons. The van der Waals surface area contributed by atoms with Crippen LogP contribution in [-0.4, -0.2) is 44.4 Å². The number of carbonyl (C=O) groups is 3. The van der Waals surface area contributed by atoms with Gasteiger partial charge in [0.1, 0.15) is 11.9 Å². The van der Waals surface area contributed by atoms with Gasteiger partial charge in [0.25, 0.3) is 11.8 Å². The summed E-state index contributed by atoms with van der Waals surface area (Å²) in [6.07, 6.45) is -0.395. The van der Waals surface area contributed by atoms with Crippen LogP contribution in [0.4, 0.5) is 4.79 Å². The summed E-state index contributed by atoms with van der Waals surface area (Å²) in [4.78, 5) is 58.4. The van der Waals surface area contributed by atoms with Gasteiger partial charge in [-0.2, -0.15) is 0 Å². The van der Waals surface area contributed by atoms with Crippen LogP contribution < -0.4 is 5.32 Å². The molecule has 1 aliphatic heterocycles. The normalized spacial score (nSPS) is 16.2. The van der Waals surface area contributed by atoms with E-state index in [1.165, 1.54) is 6.92 Å². The SMILES string of the molecule is CC(CCCN1C(=O)c2ccccc2C1=O)C(C)(NC(=O)OCc1ccccc1)P(=O)(O)O. The molecule has 3 N–H and O–H groups in total. The third-order valence-electron chi connectivity index (χ3n) is 6.03. The lowest BCUT2D eigenvalue weighted by molar-refractivity contribution is 0.0648. The molecule has 3 amide bonds. The molecule has 0 aromatic heterocycles. The number of rotatable bonds is 9. The van der Waals surface area contributed by atoms with Crippen LogP contribution >= 0.6 is 7.60 Å². The first-order valence-corrected chi connectivity index (χ1v) is 12.2. The average Bonchev–Trinajstić information content (AvgIpc) is 3.02. The number of nitrogens with one attached hydrogen (secondary N) is 1. The van der Waals surface area contributed by atoms with E-state index in [1.54, 1.807) is 55.5 Å². The summed E-state index contributed by atoms with van der Waals surface area (Å²) in [6, 6.07) is 15.5. The lowest BCUT2D eigenvalue weighted by Gasteiger charge is -2.36. The molecule has 1 heterocycles. The lowest BCUT2D eigenvalue weighted by Crippen LogP contribution is -2.50. The summed E-state index contributed by atoms with van der Waals surface area (Å²) in [7, 11) is -4.79. The highest BCUT2D eigenvalue weighted by Gasteiger charge is 2.48. The minimum Gasteiger partial charge on any atom is -0.445 e. The number of carbonyl (C=O) groups excluding carboxylic acids is 3. The summed E-state index contributed by atoms with van der Waals surface area (Å²) in [5, 5.41) is 0.456. The first-order valence-electron chi connectivity index (χ1n) is 10.5. The number of hydrogen-bond acceptors (Lipinski definition) is 5. The maximum atomic E-state index is 12.5. The molecule has 1 aliphatic rings. The first-order chi connectivity index (χ1) is 15.5. The van der Waals surface area contributed by atoms with E-state index in [0.29, 0.717) is 17.5 Å². The van der Waals surface area contributed by atoms with Gasteiger partial charge in [0.2, 0.25) is 0 Å². The Morgan fingerprint density at radius 1 is 1.06 bits per heavy atom. The van der Waals surface area contributed by atoms with E-state index in [0.717, 1.165) is 10.5 Å². The van der Waals surface area contributed by atoms with Crippen molar-refractivity contribution >= 4 is 25.5 Å². The van der Waals surface area contributed by atoms with Crippen molar-refractivity contribution in [2.45, 2.75) is 38.6 Å². The first kappa shape index (κ1) is 24.6. The van der Waals surface area contributed by atoms with Crippen molar-refractivity contribution in [3.8, 4) is 0 Å². The molecule has 2 aromatic rings. The lowest BCUT2D eigenvalue weighted by atomic mass is 9.97. The monoisotopic (exact) mass is 474 g/mol. The zero-order valence-electron chi connectivity index (χ0n) is 18.4. The predicted octanol–water partition coefficient (Wildman–Crippen LogP) is 3.52. The molecule has 0 aliphatic carbocycles. The van der Waals surface area contributed by atoms with Crippen molar-refractivity contribution in [1.29, 1.82) is 0 Å². The second-order valence-electron chi connectivity index (χ2n) is 8.23. The van der Waals surface area contributed by atoms with E-state index in [1.807, 2.05) is 6.07 Å². The minimum atomic E-state index is -4.79. The number of alkyl carbamates (subject to hydrolysis) is 1. The van der Waals surface area contributed by atoms with Crippen molar-refractivity contribution < 1.29 is 33.5 Å². The van der Waals surface area contributed by atoms with Crippen LogP contribution in [0.5, 0.6) is 0 Å². The molecule has 0 fully saturated rings. The fourth-order valence-electron chi connectivity index (χ4n) is 3.73. The zero-order chi connectivity index (χ0) is 24.2. The summed E-state index contributed by atoms with van der Waals surface area (Å²) in [6.45, 7) is 2.92. The maximum Gasteiger partial charge on any atom is 0.408 e. The molecule has 10 heteroatoms. The number of hydrogen-bond donors (Lipinski definition) is 3. The van der Waals surface area contributed by atoms with Gasteiger partial charge in [-0.25, -0.2) is 4.79 Å². The molecule has 2 atom stereocenters. The zero-order valence-corrected chi connectivity index (χ0v) is 19.3. The number of amides is 3. The van der Waals surface area contributed by atoms with Crippen LogP contribution in [0.2, 0.25) is 0 Å². The fourth-order valence-corrected chi connectivity index (χ4v) is 4.67. The molecule has 0 bridgehead atoms. The van der Waals surface area contributed by atoms with Gasteiger partial charge in [0.15, 0.2) is 0 Å². The Morgan fingerprint density at radius 3 is 2.15 bits per heavy atom. The fraction of sp³-hybridized carbons (Fsp3) is 0.348. The molecule has 0 radical (unpaired) electrons. The topological polar surface area (TPSA) is 133 Å². The number of fused-ring (bicyclic) bond motifs is 1. The molecule has 0 spiro atoms. The van der Waals surface area contributed by atoms with Gasteiger partial charge in [-0.3, -0.25) is 19.1 Å². The van der Waals surface area contributed by atoms with Gasteiger partial charge in [-0.1, -0.05) is 49.4 Å². The van der Waals surface area contributed by atoms with Gasteiger partial charge in [-0.05, 0) is 43.4 Å². The van der Waals surface area contributed by atoms with Crippen molar-refractivity contribution in [2.75, 3.05) is 6.54 Å². The number of ether oxygens (including phenoxy) is 1. The highest BCUT2D eigenvalue weighted by molar-refractivity contribution is 7.53. The molecule has 9 nitrogen and oxygen atoms in total. The Kier molecular flexibility index (Phi) is 7.37. The third-order valence-corrected chi connectivity index (χ3v) is 7.79. The Morgan fingerprint density at radius 2 is 1.61 bits per heavy atom. The number of benzene rings is 2. The molecule has 0 saturated heterocycles. The van der Waals surface area contributed by atoms with Crippen LogP contribution in [0.3, 0.4) is 0 Å². The Labute approximate surface area is 191 Å². The van der Waals surface area contributed by atoms with Crippen LogP contribution in [0.1, 0.15) is 53.0 Å². The van der Waals surface area contributed by atoms with E-state index in [-0.39, 0.29) is 31.4 Å². The van der Waals surface area contributed by atoms with Crippen molar-refractivity contribution in [3.05, 3.63) is 71.3 Å². The molecule has 3 rings (SSSR count). The highest BCUT2D eigenvalue weighted by atomic mass is 31.2. The molecule has 2 unspecified atom stereocenters. The standard InChI is InChI=1S/C23H27N2O7P/c1-16(9-8-14-25-20(26)18-12-6-7-13-19(18)21(25)27)23(2,33(29,30)31)24-22(28)32-15-17-10-4-3-5-11-17/h3-7,10-13,16H,8-9,14-15H2,1-2H3,(H,24,28)(H2,29,30,31). The van der Waals surface area contributed by atoms with Crippen molar-refractivity contribution in [3.63, 3.8) is 0 Å². The minimum absolute atomic E-state index is 0.0436. The van der Waals surface area contributed by atoms with Crippen LogP contribution in [0.25, 0.3) is 0 Å². The summed E-state index contributed by atoms with van der Waals surface area (Å²) < 4.78 is 17.4. The third kappa shape index (κ3) is 5.33. The molecule has 33 heavy (non-hydrogen) atoms. The predicted molar refractivity (Wildman–Crippen MR) is 120 cm³/mol. The maximum absolute atomic E-state index is 12.5. The molecular formula is C23H27N2O7P. The number of imide groups is 1. The van der Waals surface area contributed by atoms with Gasteiger partial charge >= 0.3 is 13.7 Å². The van der Waals surface area contributed by atoms with Gasteiger partial charge in [-0.15, -0.1) is 0 Å².